The molecular formula is C22H20ClN3O4S. The number of benzene rings is 1. The third-order valence-electron chi connectivity index (χ3n) is 5.13. The van der Waals surface area contributed by atoms with Gasteiger partial charge in [0.15, 0.2) is 5.11 Å². The molecule has 2 N–H and O–H groups in total. The summed E-state index contributed by atoms with van der Waals surface area (Å²) >= 11 is 11.9. The maximum absolute atomic E-state index is 11.4. The predicted octanol–water partition coefficient (Wildman–Crippen LogP) is 4.31. The van der Waals surface area contributed by atoms with Gasteiger partial charge < -0.3 is 24.5 Å². The van der Waals surface area contributed by atoms with Gasteiger partial charge >= 0.3 is 5.97 Å². The molecule has 4 rings (SSSR count). The molecule has 1 aliphatic heterocycles. The van der Waals surface area contributed by atoms with E-state index < -0.39 is 5.97 Å². The van der Waals surface area contributed by atoms with Crippen LogP contribution in [0.3, 0.4) is 0 Å². The number of thiocarbonyl (C=S) groups is 1. The van der Waals surface area contributed by atoms with Crippen molar-refractivity contribution in [3.05, 3.63) is 76.8 Å². The molecule has 2 unspecified atom stereocenters. The Kier molecular flexibility index (Phi) is 6.22. The van der Waals surface area contributed by atoms with Gasteiger partial charge in [-0.15, -0.1) is 0 Å². The summed E-state index contributed by atoms with van der Waals surface area (Å²) in [6, 6.07) is 13.4. The first kappa shape index (κ1) is 21.3. The Morgan fingerprint density at radius 1 is 1.32 bits per heavy atom. The summed E-state index contributed by atoms with van der Waals surface area (Å²) in [6.07, 6.45) is 1.74. The Bertz CT molecular complexity index is 1110. The molecule has 0 amide bonds. The minimum absolute atomic E-state index is 0.133. The zero-order valence-corrected chi connectivity index (χ0v) is 18.2. The lowest BCUT2D eigenvalue weighted by Crippen LogP contribution is -2.32. The summed E-state index contributed by atoms with van der Waals surface area (Å²) in [6.45, 7) is 1.06. The quantitative estimate of drug-likeness (QED) is 0.507. The second-order valence-electron chi connectivity index (χ2n) is 7.01. The van der Waals surface area contributed by atoms with E-state index in [1.165, 1.54) is 12.1 Å². The molecule has 2 atom stereocenters. The average Bonchev–Trinajstić information content (AvgIpc) is 3.37. The number of halogens is 1. The Morgan fingerprint density at radius 2 is 2.16 bits per heavy atom. The van der Waals surface area contributed by atoms with Gasteiger partial charge in [-0.25, -0.2) is 4.79 Å². The number of furan rings is 1. The molecule has 1 aliphatic rings. The van der Waals surface area contributed by atoms with Crippen LogP contribution in [0.25, 0.3) is 11.3 Å². The number of aromatic nitrogens is 1. The highest BCUT2D eigenvalue weighted by Gasteiger charge is 2.41. The molecule has 2 aromatic heterocycles. The third kappa shape index (κ3) is 4.27. The molecule has 0 aliphatic carbocycles. The van der Waals surface area contributed by atoms with E-state index in [4.69, 9.17) is 33.0 Å². The van der Waals surface area contributed by atoms with Crippen molar-refractivity contribution in [1.82, 2.24) is 15.2 Å². The monoisotopic (exact) mass is 457 g/mol. The highest BCUT2D eigenvalue weighted by molar-refractivity contribution is 7.80. The minimum Gasteiger partial charge on any atom is -0.478 e. The Hall–Kier alpha value is -2.94. The van der Waals surface area contributed by atoms with Gasteiger partial charge in [0.25, 0.3) is 0 Å². The fraction of sp³-hybridized carbons (Fsp3) is 0.227. The van der Waals surface area contributed by atoms with Crippen LogP contribution in [0, 0.1) is 0 Å². The van der Waals surface area contributed by atoms with E-state index in [1.54, 1.807) is 25.4 Å². The number of carboxylic acid groups (broad SMARTS) is 1. The van der Waals surface area contributed by atoms with Crippen LogP contribution in [0.2, 0.25) is 5.02 Å². The number of aromatic carboxylic acids is 1. The lowest BCUT2D eigenvalue weighted by Gasteiger charge is -2.25. The zero-order chi connectivity index (χ0) is 22.0. The zero-order valence-electron chi connectivity index (χ0n) is 16.6. The molecule has 0 spiro atoms. The number of rotatable bonds is 7. The summed E-state index contributed by atoms with van der Waals surface area (Å²) in [4.78, 5) is 17.9. The van der Waals surface area contributed by atoms with Gasteiger partial charge in [0.05, 0.1) is 28.9 Å². The van der Waals surface area contributed by atoms with Crippen molar-refractivity contribution in [3.63, 3.8) is 0 Å². The summed E-state index contributed by atoms with van der Waals surface area (Å²) in [5.74, 6) is 0.106. The number of nitrogens with zero attached hydrogens (tertiary/aromatic N) is 2. The molecule has 160 valence electrons. The van der Waals surface area contributed by atoms with Gasteiger partial charge in [-0.2, -0.15) is 0 Å². The van der Waals surface area contributed by atoms with Crippen molar-refractivity contribution in [1.29, 1.82) is 0 Å². The van der Waals surface area contributed by atoms with Crippen LogP contribution in [0.1, 0.15) is 33.9 Å². The second-order valence-corrected chi connectivity index (χ2v) is 7.81. The fourth-order valence-corrected chi connectivity index (χ4v) is 4.19. The number of hydrogen-bond acceptors (Lipinski definition) is 5. The molecule has 7 nitrogen and oxygen atoms in total. The van der Waals surface area contributed by atoms with Crippen LogP contribution in [-0.4, -0.2) is 46.3 Å². The van der Waals surface area contributed by atoms with Crippen molar-refractivity contribution in [2.45, 2.75) is 12.1 Å². The van der Waals surface area contributed by atoms with Gasteiger partial charge in [-0.05, 0) is 54.7 Å². The smallest absolute Gasteiger partial charge is 0.335 e. The summed E-state index contributed by atoms with van der Waals surface area (Å²) in [5, 5.41) is 13.6. The molecule has 31 heavy (non-hydrogen) atoms. The second kappa shape index (κ2) is 9.05. The molecule has 3 aromatic rings. The maximum atomic E-state index is 11.4. The van der Waals surface area contributed by atoms with E-state index >= 15 is 0 Å². The van der Waals surface area contributed by atoms with Crippen LogP contribution in [-0.2, 0) is 4.74 Å². The highest BCUT2D eigenvalue weighted by atomic mass is 35.5. The van der Waals surface area contributed by atoms with E-state index in [0.29, 0.717) is 40.4 Å². The van der Waals surface area contributed by atoms with Crippen LogP contribution >= 0.6 is 23.8 Å². The third-order valence-corrected chi connectivity index (χ3v) is 5.81. The van der Waals surface area contributed by atoms with Crippen molar-refractivity contribution < 1.29 is 19.1 Å². The number of hydrogen-bond donors (Lipinski definition) is 2. The first-order chi connectivity index (χ1) is 15.0. The van der Waals surface area contributed by atoms with Gasteiger partial charge in [0, 0.05) is 25.4 Å². The fourth-order valence-electron chi connectivity index (χ4n) is 3.65. The summed E-state index contributed by atoms with van der Waals surface area (Å²) < 4.78 is 11.4. The summed E-state index contributed by atoms with van der Waals surface area (Å²) in [5.41, 5.74) is 1.48. The Labute approximate surface area is 189 Å². The standard InChI is InChI=1S/C22H20ClN3O4S/c1-29-11-10-26-20(19(25-22(26)31)16-4-2-3-9-24-16)18-8-7-17(30-18)14-12-13(21(27)28)5-6-15(14)23/h2-9,12,19-20H,10-11H2,1H3,(H,25,31)(H,27,28). The van der Waals surface area contributed by atoms with Gasteiger partial charge in [-0.3, -0.25) is 4.98 Å². The molecule has 1 saturated heterocycles. The number of carbonyl (C=O) groups is 1. The maximum Gasteiger partial charge on any atom is 0.335 e. The lowest BCUT2D eigenvalue weighted by atomic mass is 10.0. The van der Waals surface area contributed by atoms with Crippen LogP contribution < -0.4 is 5.32 Å². The topological polar surface area (TPSA) is 87.8 Å². The van der Waals surface area contributed by atoms with Crippen LogP contribution in [0.15, 0.2) is 59.1 Å². The van der Waals surface area contributed by atoms with Crippen molar-refractivity contribution >= 4 is 34.9 Å². The first-order valence-electron chi connectivity index (χ1n) is 9.59. The number of carboxylic acids is 1. The van der Waals surface area contributed by atoms with Crippen molar-refractivity contribution in [2.75, 3.05) is 20.3 Å². The molecule has 1 aromatic carbocycles. The molecule has 9 heteroatoms. The van der Waals surface area contributed by atoms with Crippen LogP contribution in [0.4, 0.5) is 0 Å². The Morgan fingerprint density at radius 3 is 2.87 bits per heavy atom. The van der Waals surface area contributed by atoms with E-state index in [9.17, 15) is 9.90 Å². The van der Waals surface area contributed by atoms with Gasteiger partial charge in [0.2, 0.25) is 0 Å². The molecule has 3 heterocycles. The van der Waals surface area contributed by atoms with Crippen molar-refractivity contribution in [2.24, 2.45) is 0 Å². The lowest BCUT2D eigenvalue weighted by molar-refractivity contribution is 0.0697. The van der Waals surface area contributed by atoms with E-state index in [1.807, 2.05) is 29.2 Å². The Balaban J connectivity index is 1.74. The van der Waals surface area contributed by atoms with E-state index in [0.717, 1.165) is 5.69 Å². The van der Waals surface area contributed by atoms with Crippen molar-refractivity contribution in [3.8, 4) is 11.3 Å². The first-order valence-corrected chi connectivity index (χ1v) is 10.4. The van der Waals surface area contributed by atoms with Gasteiger partial charge in [-0.1, -0.05) is 17.7 Å². The molecule has 1 fully saturated rings. The number of methoxy groups -OCH3 is 1. The van der Waals surface area contributed by atoms with Crippen LogP contribution in [0.5, 0.6) is 0 Å². The molecule has 0 bridgehead atoms. The number of ether oxygens (including phenoxy) is 1. The predicted molar refractivity (Wildman–Crippen MR) is 120 cm³/mol. The molecular weight excluding hydrogens is 438 g/mol. The minimum atomic E-state index is -1.03. The molecule has 0 radical (unpaired) electrons. The SMILES string of the molecule is COCCN1C(=S)NC(c2ccccn2)C1c1ccc(-c2cc(C(=O)O)ccc2Cl)o1. The van der Waals surface area contributed by atoms with Gasteiger partial charge in [0.1, 0.15) is 17.6 Å². The largest absolute Gasteiger partial charge is 0.478 e. The number of pyridine rings is 1. The molecule has 0 saturated carbocycles. The normalized spacial score (nSPS) is 18.3. The van der Waals surface area contributed by atoms with E-state index in [-0.39, 0.29) is 17.6 Å². The number of nitrogens with one attached hydrogen (secondary N) is 1. The van der Waals surface area contributed by atoms with E-state index in [2.05, 4.69) is 10.3 Å². The highest BCUT2D eigenvalue weighted by Crippen LogP contribution is 2.41. The average molecular weight is 458 g/mol. The summed E-state index contributed by atoms with van der Waals surface area (Å²) in [7, 11) is 1.64.